The van der Waals surface area contributed by atoms with Gasteiger partial charge in [0.15, 0.2) is 18.4 Å². The molecule has 416 valence electrons. The molecule has 2 atom stereocenters. The van der Waals surface area contributed by atoms with Gasteiger partial charge < -0.3 is 45.4 Å². The number of carbonyl (C=O) groups is 2. The first-order valence-electron chi connectivity index (χ1n) is 26.6. The van der Waals surface area contributed by atoms with Crippen LogP contribution in [0.2, 0.25) is 0 Å². The molecule has 0 aliphatic carbocycles. The average Bonchev–Trinajstić information content (AvgIpc) is 4.15. The number of benzene rings is 4. The number of rotatable bonds is 23. The molecule has 0 aliphatic heterocycles. The summed E-state index contributed by atoms with van der Waals surface area (Å²) in [5.74, 6) is 0.0741. The maximum absolute atomic E-state index is 11.8. The molecule has 19 heteroatoms. The number of phenols is 1. The topological polar surface area (TPSA) is 260 Å². The number of nitrogen functional groups attached to an aromatic ring is 2. The van der Waals surface area contributed by atoms with Gasteiger partial charge in [-0.15, -0.1) is 20.4 Å². The van der Waals surface area contributed by atoms with Crippen LogP contribution in [0.1, 0.15) is 97.0 Å². The van der Waals surface area contributed by atoms with Crippen molar-refractivity contribution >= 4 is 23.6 Å². The summed E-state index contributed by atoms with van der Waals surface area (Å²) in [6, 6.07) is 35.0. The molecule has 0 bridgehead atoms. The van der Waals surface area contributed by atoms with E-state index in [9.17, 15) is 14.7 Å². The number of aromatic hydroxyl groups is 1. The summed E-state index contributed by atoms with van der Waals surface area (Å²) in [6.07, 6.45) is 10.6. The third-order valence-electron chi connectivity index (χ3n) is 12.2. The summed E-state index contributed by atoms with van der Waals surface area (Å²) >= 11 is 0. The van der Waals surface area contributed by atoms with Crippen molar-refractivity contribution in [3.05, 3.63) is 156 Å². The van der Waals surface area contributed by atoms with E-state index in [1.807, 2.05) is 78.9 Å². The van der Waals surface area contributed by atoms with Gasteiger partial charge in [-0.3, -0.25) is 9.36 Å². The predicted octanol–water partition coefficient (Wildman–Crippen LogP) is 10.4. The molecule has 0 aliphatic rings. The Morgan fingerprint density at radius 1 is 0.671 bits per heavy atom. The lowest BCUT2D eigenvalue weighted by Gasteiger charge is -2.19. The molecule has 4 aromatic heterocycles. The molecule has 0 saturated carbocycles. The minimum Gasteiger partial charge on any atom is -0.507 e. The van der Waals surface area contributed by atoms with Crippen LogP contribution in [-0.4, -0.2) is 108 Å². The van der Waals surface area contributed by atoms with E-state index in [-0.39, 0.29) is 49.6 Å². The highest BCUT2D eigenvalue weighted by atomic mass is 16.7. The van der Waals surface area contributed by atoms with Gasteiger partial charge in [-0.2, -0.15) is 10.2 Å². The predicted molar refractivity (Wildman–Crippen MR) is 304 cm³/mol. The Bertz CT molecular complexity index is 3220. The molecule has 0 radical (unpaired) electrons. The van der Waals surface area contributed by atoms with Gasteiger partial charge in [0.1, 0.15) is 30.3 Å². The minimum absolute atomic E-state index is 0.00335. The molecule has 4 heterocycles. The molecule has 0 fully saturated rings. The summed E-state index contributed by atoms with van der Waals surface area (Å²) in [4.78, 5) is 22.2. The van der Waals surface area contributed by atoms with Gasteiger partial charge in [0.05, 0.1) is 35.9 Å². The molecule has 0 saturated heterocycles. The van der Waals surface area contributed by atoms with E-state index < -0.39 is 11.6 Å². The molecular weight excluding hydrogens is 1000 g/mol. The molecule has 4 aromatic carbocycles. The Labute approximate surface area is 462 Å². The second kappa shape index (κ2) is 29.3. The minimum atomic E-state index is -0.955. The SMILES string of the molecule is CC(c1ccc(CCCOCC(=O)O)cc1)n1cc(-c2cc(-c3ccccc3O)nnc2N)cn1.COCOc1ccccc1-c1cc(-c2cnn(C(C)c3ccc(CCCOCC(=O)OC(C)(C)C)cc3)c2)c(N)nn1.[2H]CC. The zero-order valence-corrected chi connectivity index (χ0v) is 45.9. The normalized spacial score (nSPS) is 12.0. The third-order valence-corrected chi connectivity index (χ3v) is 12.2. The zero-order chi connectivity index (χ0) is 57.6. The number of carbonyl (C=O) groups excluding carboxylic acids is 1. The van der Waals surface area contributed by atoms with Crippen LogP contribution in [0.3, 0.4) is 0 Å². The van der Waals surface area contributed by atoms with Gasteiger partial charge in [-0.05, 0) is 119 Å². The number of anilines is 2. The number of ether oxygens (including phenoxy) is 5. The van der Waals surface area contributed by atoms with Crippen molar-refractivity contribution in [3.8, 4) is 56.3 Å². The monoisotopic (exact) mass is 1080 g/mol. The lowest BCUT2D eigenvalue weighted by atomic mass is 10.0. The first-order chi connectivity index (χ1) is 38.5. The molecule has 8 rings (SSSR count). The van der Waals surface area contributed by atoms with Crippen molar-refractivity contribution in [1.82, 2.24) is 40.0 Å². The van der Waals surface area contributed by atoms with Crippen LogP contribution in [0.4, 0.5) is 11.6 Å². The van der Waals surface area contributed by atoms with Crippen molar-refractivity contribution < 1.29 is 44.9 Å². The number of aliphatic carboxylic acids is 1. The quantitative estimate of drug-likeness (QED) is 0.0264. The highest BCUT2D eigenvalue weighted by Gasteiger charge is 2.19. The lowest BCUT2D eigenvalue weighted by molar-refractivity contribution is -0.160. The van der Waals surface area contributed by atoms with Crippen molar-refractivity contribution in [2.45, 2.75) is 91.8 Å². The Morgan fingerprint density at radius 3 is 1.62 bits per heavy atom. The van der Waals surface area contributed by atoms with Crippen LogP contribution in [0.25, 0.3) is 44.8 Å². The second-order valence-electron chi connectivity index (χ2n) is 19.2. The van der Waals surface area contributed by atoms with Crippen LogP contribution in [-0.2, 0) is 41.4 Å². The summed E-state index contributed by atoms with van der Waals surface area (Å²) in [6.45, 7) is 12.7. The lowest BCUT2D eigenvalue weighted by Crippen LogP contribution is -2.26. The van der Waals surface area contributed by atoms with Crippen molar-refractivity contribution in [2.75, 3.05) is 51.8 Å². The fourth-order valence-corrected chi connectivity index (χ4v) is 8.20. The van der Waals surface area contributed by atoms with Crippen LogP contribution < -0.4 is 16.2 Å². The number of hydrogen-bond donors (Lipinski definition) is 4. The maximum Gasteiger partial charge on any atom is 0.332 e. The molecule has 2 unspecified atom stereocenters. The van der Waals surface area contributed by atoms with Gasteiger partial charge in [0, 0.05) is 67.5 Å². The molecule has 6 N–H and O–H groups in total. The number of methoxy groups -OCH3 is 1. The van der Waals surface area contributed by atoms with E-state index in [4.69, 9.17) is 41.6 Å². The van der Waals surface area contributed by atoms with Crippen LogP contribution in [0, 0.1) is 0 Å². The molecule has 79 heavy (non-hydrogen) atoms. The third kappa shape index (κ3) is 17.5. The largest absolute Gasteiger partial charge is 0.507 e. The number of carboxylic acid groups (broad SMARTS) is 1. The highest BCUT2D eigenvalue weighted by Crippen LogP contribution is 2.35. The van der Waals surface area contributed by atoms with E-state index in [1.165, 1.54) is 5.56 Å². The zero-order valence-electron chi connectivity index (χ0n) is 46.9. The van der Waals surface area contributed by atoms with E-state index in [1.54, 1.807) is 50.7 Å². The van der Waals surface area contributed by atoms with Crippen molar-refractivity contribution in [2.24, 2.45) is 0 Å². The number of nitrogens with two attached hydrogens (primary N) is 2. The van der Waals surface area contributed by atoms with Gasteiger partial charge in [0.2, 0.25) is 0 Å². The second-order valence-corrected chi connectivity index (χ2v) is 19.2. The fourth-order valence-electron chi connectivity index (χ4n) is 8.20. The van der Waals surface area contributed by atoms with Crippen molar-refractivity contribution in [1.29, 1.82) is 0 Å². The van der Waals surface area contributed by atoms with Gasteiger partial charge in [-0.1, -0.05) is 86.6 Å². The smallest absolute Gasteiger partial charge is 0.332 e. The van der Waals surface area contributed by atoms with Gasteiger partial charge in [0.25, 0.3) is 0 Å². The highest BCUT2D eigenvalue weighted by molar-refractivity contribution is 5.80. The summed E-state index contributed by atoms with van der Waals surface area (Å²) in [5.41, 5.74) is 22.0. The molecule has 19 nitrogen and oxygen atoms in total. The number of aryl methyl sites for hydroxylation is 2. The van der Waals surface area contributed by atoms with Crippen LogP contribution in [0.5, 0.6) is 11.5 Å². The van der Waals surface area contributed by atoms with Crippen LogP contribution >= 0.6 is 0 Å². The van der Waals surface area contributed by atoms with E-state index in [0.29, 0.717) is 54.2 Å². The number of esters is 1. The average molecular weight is 1080 g/mol. The standard InChI is InChI=1S/C32H39N5O5.C26H27N5O4.C2H6/c1-22(24-14-12-23(13-15-24)9-8-16-40-20-30(38)42-32(2,3)4)37-19-25(18-34-37)27-17-28(35-36-31(27)33)26-10-6-7-11-29(26)41-21-39-5;1-17(19-10-8-18(9-11-19)5-4-12-35-16-25(33)34)31-15-20(14-28-31)22-13-23(29-30-26(22)27)21-6-2-3-7-24(21)32;1-2/h6-7,10-15,17-19,22H,8-9,16,20-21H2,1-5H3,(H2,33,36);2-3,6-11,13-15,17,32H,4-5,12,16H2,1H3,(H2,27,30)(H,33,34);1-2H3/i;;1D. The van der Waals surface area contributed by atoms with E-state index >= 15 is 0 Å². The number of hydrogen-bond acceptors (Lipinski definition) is 16. The molecule has 0 amide bonds. The van der Waals surface area contributed by atoms with E-state index in [2.05, 4.69) is 93.0 Å². The van der Waals surface area contributed by atoms with Gasteiger partial charge in [-0.25, -0.2) is 9.59 Å². The van der Waals surface area contributed by atoms with Crippen LogP contribution in [0.15, 0.2) is 134 Å². The van der Waals surface area contributed by atoms with E-state index in [0.717, 1.165) is 64.6 Å². The number of phenolic OH excluding ortho intramolecular Hbond substituents is 1. The Morgan fingerprint density at radius 2 is 1.14 bits per heavy atom. The summed E-state index contributed by atoms with van der Waals surface area (Å²) < 4.78 is 36.5. The Kier molecular flexibility index (Phi) is 21.6. The number of para-hydroxylation sites is 2. The number of nitrogens with zero attached hydrogens (tertiary/aromatic N) is 8. The Hall–Kier alpha value is -8.52. The maximum atomic E-state index is 11.8. The number of carboxylic acids is 1. The molecule has 8 aromatic rings. The van der Waals surface area contributed by atoms with Gasteiger partial charge >= 0.3 is 11.9 Å². The molecular formula is C60H72N10O9. The summed E-state index contributed by atoms with van der Waals surface area (Å²) in [7, 11) is 1.57. The summed E-state index contributed by atoms with van der Waals surface area (Å²) in [5, 5.41) is 44.6. The fraction of sp³-hybridized carbons (Fsp3) is 0.333. The molecule has 0 spiro atoms. The van der Waals surface area contributed by atoms with Crippen molar-refractivity contribution in [3.63, 3.8) is 0 Å². The first kappa shape index (κ1) is 58.2. The number of aromatic nitrogens is 8. The Balaban J connectivity index is 0.000000249. The first-order valence-corrected chi connectivity index (χ1v) is 25.9.